The maximum absolute atomic E-state index is 7.08. The van der Waals surface area contributed by atoms with Crippen LogP contribution in [-0.4, -0.2) is 0 Å². The van der Waals surface area contributed by atoms with Crippen LogP contribution in [0, 0.1) is 6.92 Å². The Bertz CT molecular complexity index is 3930. The number of aryl methyl sites for hydroxylation is 1. The van der Waals surface area contributed by atoms with Crippen LogP contribution in [0.1, 0.15) is 58.2 Å². The number of hydrogen-bond donors (Lipinski definition) is 0. The van der Waals surface area contributed by atoms with Crippen molar-refractivity contribution < 1.29 is 8.83 Å². The number of furan rings is 2. The van der Waals surface area contributed by atoms with Gasteiger partial charge < -0.3 is 18.6 Å². The summed E-state index contributed by atoms with van der Waals surface area (Å²) in [6.07, 6.45) is 0. The Balaban J connectivity index is 1.10. The standard InChI is InChI=1S/C61H48N2O2/c1-35-33-36-29-32-49-55-44(39-19-11-12-26-47(39)63(49)51-28-16-23-43-41-21-14-25-46(61(5,6)7)57(41)65-59(43)51)34-37-30-31-48(52(35)53(37)54(36)55)62(38-17-9-8-10-18-38)50-27-15-22-42-40-20-13-24-45(60(2,3)4)56(40)64-58(42)50/h8-34H,1-7H3. The largest absolute Gasteiger partial charge is 0.454 e. The zero-order valence-corrected chi connectivity index (χ0v) is 37.8. The fourth-order valence-electron chi connectivity index (χ4n) is 11.2. The van der Waals surface area contributed by atoms with Gasteiger partial charge in [-0.15, -0.1) is 0 Å². The van der Waals surface area contributed by atoms with Gasteiger partial charge in [-0.2, -0.15) is 0 Å². The molecule has 0 amide bonds. The molecule has 13 rings (SSSR count). The van der Waals surface area contributed by atoms with Gasteiger partial charge in [0.1, 0.15) is 11.2 Å². The Hall–Kier alpha value is -7.56. The molecule has 10 aromatic carbocycles. The molecular formula is C61H48N2O2. The first kappa shape index (κ1) is 37.9. The second-order valence-electron chi connectivity index (χ2n) is 20.1. The number of rotatable bonds is 4. The highest BCUT2D eigenvalue weighted by Gasteiger charge is 2.32. The first-order valence-electron chi connectivity index (χ1n) is 22.8. The molecule has 4 heteroatoms. The number of fused-ring (bicyclic) bond motifs is 8. The van der Waals surface area contributed by atoms with E-state index < -0.39 is 0 Å². The average Bonchev–Trinajstić information content (AvgIpc) is 3.89. The van der Waals surface area contributed by atoms with E-state index in [0.29, 0.717) is 0 Å². The molecule has 0 unspecified atom stereocenters. The second kappa shape index (κ2) is 13.2. The third kappa shape index (κ3) is 5.31. The summed E-state index contributed by atoms with van der Waals surface area (Å²) in [5, 5.41) is 12.0. The molecule has 0 radical (unpaired) electrons. The van der Waals surface area contributed by atoms with Crippen LogP contribution >= 0.6 is 0 Å². The minimum Gasteiger partial charge on any atom is -0.454 e. The SMILES string of the molecule is Cc1cc2ccc3c4c(cc5ccc(N(c6ccccc6)c6cccc7c6oc6c(C(C)(C)C)cccc67)c1c5c24)-c1ccccc1N3c1cccc2c1oc1c(C(C)(C)C)cccc12. The lowest BCUT2D eigenvalue weighted by Gasteiger charge is -2.35. The summed E-state index contributed by atoms with van der Waals surface area (Å²) in [5.74, 6) is 0. The lowest BCUT2D eigenvalue weighted by Crippen LogP contribution is -2.15. The fraction of sp³-hybridized carbons (Fsp3) is 0.148. The van der Waals surface area contributed by atoms with Crippen LogP contribution in [0.3, 0.4) is 0 Å². The van der Waals surface area contributed by atoms with Gasteiger partial charge in [0.25, 0.3) is 0 Å². The minimum absolute atomic E-state index is 0.0757. The highest BCUT2D eigenvalue weighted by Crippen LogP contribution is 2.57. The number of para-hydroxylation sites is 6. The Morgan fingerprint density at radius 1 is 0.400 bits per heavy atom. The summed E-state index contributed by atoms with van der Waals surface area (Å²) in [4.78, 5) is 4.87. The summed E-state index contributed by atoms with van der Waals surface area (Å²) in [6.45, 7) is 15.8. The number of benzene rings is 10. The van der Waals surface area contributed by atoms with E-state index in [9.17, 15) is 0 Å². The van der Waals surface area contributed by atoms with Crippen molar-refractivity contribution in [1.82, 2.24) is 0 Å². The van der Waals surface area contributed by atoms with E-state index >= 15 is 0 Å². The van der Waals surface area contributed by atoms with Crippen LogP contribution in [0.4, 0.5) is 34.1 Å². The molecule has 0 bridgehead atoms. The monoisotopic (exact) mass is 840 g/mol. The van der Waals surface area contributed by atoms with E-state index in [4.69, 9.17) is 8.83 Å². The van der Waals surface area contributed by atoms with Crippen molar-refractivity contribution >= 4 is 110 Å². The molecular weight excluding hydrogens is 793 g/mol. The highest BCUT2D eigenvalue weighted by atomic mass is 16.3. The molecule has 65 heavy (non-hydrogen) atoms. The minimum atomic E-state index is -0.0827. The van der Waals surface area contributed by atoms with Gasteiger partial charge in [-0.25, -0.2) is 0 Å². The molecule has 0 aliphatic carbocycles. The summed E-state index contributed by atoms with van der Waals surface area (Å²) >= 11 is 0. The second-order valence-corrected chi connectivity index (χ2v) is 20.1. The molecule has 0 saturated carbocycles. The van der Waals surface area contributed by atoms with Crippen molar-refractivity contribution in [2.24, 2.45) is 0 Å². The zero-order valence-electron chi connectivity index (χ0n) is 37.8. The van der Waals surface area contributed by atoms with Gasteiger partial charge >= 0.3 is 0 Å². The van der Waals surface area contributed by atoms with E-state index in [0.717, 1.165) is 78.0 Å². The van der Waals surface area contributed by atoms with Crippen LogP contribution in [0.25, 0.3) is 87.3 Å². The van der Waals surface area contributed by atoms with E-state index in [1.165, 1.54) is 60.1 Å². The van der Waals surface area contributed by atoms with Crippen molar-refractivity contribution in [2.75, 3.05) is 9.80 Å². The topological polar surface area (TPSA) is 32.8 Å². The zero-order chi connectivity index (χ0) is 44.1. The van der Waals surface area contributed by atoms with Gasteiger partial charge in [0, 0.05) is 60.1 Å². The smallest absolute Gasteiger partial charge is 0.159 e. The van der Waals surface area contributed by atoms with E-state index in [2.05, 4.69) is 222 Å². The number of anilines is 6. The lowest BCUT2D eigenvalue weighted by atomic mass is 9.83. The molecule has 314 valence electrons. The van der Waals surface area contributed by atoms with Crippen molar-refractivity contribution in [2.45, 2.75) is 59.3 Å². The molecule has 12 aromatic rings. The van der Waals surface area contributed by atoms with Crippen LogP contribution in [0.2, 0.25) is 0 Å². The molecule has 0 spiro atoms. The molecule has 0 atom stereocenters. The van der Waals surface area contributed by atoms with E-state index in [-0.39, 0.29) is 10.8 Å². The molecule has 2 aromatic heterocycles. The molecule has 3 heterocycles. The van der Waals surface area contributed by atoms with Gasteiger partial charge in [0.15, 0.2) is 11.2 Å². The Morgan fingerprint density at radius 2 is 0.954 bits per heavy atom. The van der Waals surface area contributed by atoms with Gasteiger partial charge in [-0.3, -0.25) is 0 Å². The Kier molecular flexibility index (Phi) is 7.73. The van der Waals surface area contributed by atoms with Crippen LogP contribution in [0.5, 0.6) is 0 Å². The first-order valence-corrected chi connectivity index (χ1v) is 22.8. The molecule has 1 aliphatic rings. The van der Waals surface area contributed by atoms with Crippen LogP contribution in [-0.2, 0) is 10.8 Å². The number of nitrogens with zero attached hydrogens (tertiary/aromatic N) is 2. The van der Waals surface area contributed by atoms with E-state index in [1.807, 2.05) is 0 Å². The van der Waals surface area contributed by atoms with Crippen LogP contribution in [0.15, 0.2) is 173 Å². The average molecular weight is 841 g/mol. The Labute approximate surface area is 378 Å². The molecule has 1 aliphatic heterocycles. The van der Waals surface area contributed by atoms with Crippen molar-refractivity contribution in [3.8, 4) is 11.1 Å². The molecule has 0 fully saturated rings. The maximum Gasteiger partial charge on any atom is 0.159 e. The van der Waals surface area contributed by atoms with Crippen molar-refractivity contribution in [1.29, 1.82) is 0 Å². The quantitative estimate of drug-likeness (QED) is 0.165. The summed E-state index contributed by atoms with van der Waals surface area (Å²) in [6, 6.07) is 60.2. The summed E-state index contributed by atoms with van der Waals surface area (Å²) in [5.41, 5.74) is 16.1. The first-order chi connectivity index (χ1) is 31.5. The third-order valence-electron chi connectivity index (χ3n) is 14.1. The summed E-state index contributed by atoms with van der Waals surface area (Å²) < 4.78 is 14.1. The molecule has 0 saturated heterocycles. The van der Waals surface area contributed by atoms with Gasteiger partial charge in [-0.1, -0.05) is 157 Å². The van der Waals surface area contributed by atoms with Crippen LogP contribution < -0.4 is 9.80 Å². The van der Waals surface area contributed by atoms with E-state index in [1.54, 1.807) is 0 Å². The maximum atomic E-state index is 7.08. The lowest BCUT2D eigenvalue weighted by molar-refractivity contribution is 0.572. The predicted octanol–water partition coefficient (Wildman–Crippen LogP) is 18.2. The van der Waals surface area contributed by atoms with Crippen molar-refractivity contribution in [3.63, 3.8) is 0 Å². The Morgan fingerprint density at radius 3 is 1.66 bits per heavy atom. The highest BCUT2D eigenvalue weighted by molar-refractivity contribution is 6.34. The third-order valence-corrected chi connectivity index (χ3v) is 14.1. The molecule has 0 N–H and O–H groups in total. The van der Waals surface area contributed by atoms with Crippen molar-refractivity contribution in [3.05, 3.63) is 180 Å². The molecule has 4 nitrogen and oxygen atoms in total. The number of hydrogen-bond acceptors (Lipinski definition) is 4. The normalized spacial score (nSPS) is 13.1. The van der Waals surface area contributed by atoms with Gasteiger partial charge in [0.05, 0.1) is 28.4 Å². The van der Waals surface area contributed by atoms with Gasteiger partial charge in [0.2, 0.25) is 0 Å². The fourth-order valence-corrected chi connectivity index (χ4v) is 11.2. The van der Waals surface area contributed by atoms with Gasteiger partial charge in [-0.05, 0) is 93.6 Å². The summed E-state index contributed by atoms with van der Waals surface area (Å²) in [7, 11) is 0. The predicted molar refractivity (Wildman–Crippen MR) is 275 cm³/mol.